The number of hydrogen-bond donors (Lipinski definition) is 1. The topological polar surface area (TPSA) is 35.2 Å². The summed E-state index contributed by atoms with van der Waals surface area (Å²) < 4.78 is 7.81. The Bertz CT molecular complexity index is 617. The van der Waals surface area contributed by atoms with Gasteiger partial charge in [-0.2, -0.15) is 0 Å². The van der Waals surface area contributed by atoms with Crippen LogP contribution in [0.15, 0.2) is 45.3 Å². The maximum atomic E-state index is 6.26. The van der Waals surface area contributed by atoms with Crippen molar-refractivity contribution in [3.63, 3.8) is 0 Å². The fourth-order valence-corrected chi connectivity index (χ4v) is 3.20. The highest BCUT2D eigenvalue weighted by Crippen LogP contribution is 2.37. The molecule has 5 heteroatoms. The number of para-hydroxylation sites is 1. The molecule has 1 atom stereocenters. The van der Waals surface area contributed by atoms with Crippen LogP contribution in [-0.2, 0) is 6.42 Å². The van der Waals surface area contributed by atoms with Crippen LogP contribution in [0.1, 0.15) is 12.5 Å². The Kier molecular flexibility index (Phi) is 5.49. The molecule has 0 bridgehead atoms. The molecule has 0 aromatic heterocycles. The number of ether oxygens (including phenoxy) is 1. The fourth-order valence-electron chi connectivity index (χ4n) is 1.84. The van der Waals surface area contributed by atoms with Crippen molar-refractivity contribution in [3.8, 4) is 11.5 Å². The second-order valence-corrected chi connectivity index (χ2v) is 6.76. The first kappa shape index (κ1) is 15.8. The van der Waals surface area contributed by atoms with Gasteiger partial charge in [0.15, 0.2) is 0 Å². The van der Waals surface area contributed by atoms with Gasteiger partial charge in [-0.15, -0.1) is 0 Å². The Balaban J connectivity index is 2.37. The average Bonchev–Trinajstić information content (AvgIpc) is 2.35. The second kappa shape index (κ2) is 6.94. The van der Waals surface area contributed by atoms with Gasteiger partial charge in [-0.05, 0) is 59.1 Å². The minimum Gasteiger partial charge on any atom is -0.454 e. The third kappa shape index (κ3) is 3.98. The van der Waals surface area contributed by atoms with E-state index in [1.54, 1.807) is 0 Å². The van der Waals surface area contributed by atoms with Crippen LogP contribution in [-0.4, -0.2) is 6.04 Å². The lowest BCUT2D eigenvalue weighted by molar-refractivity contribution is 0.471. The van der Waals surface area contributed by atoms with Crippen molar-refractivity contribution in [2.45, 2.75) is 19.4 Å². The van der Waals surface area contributed by atoms with Crippen molar-refractivity contribution in [1.29, 1.82) is 0 Å². The van der Waals surface area contributed by atoms with Gasteiger partial charge < -0.3 is 10.5 Å². The minimum atomic E-state index is 0.0455. The van der Waals surface area contributed by atoms with Crippen LogP contribution in [0.4, 0.5) is 0 Å². The molecule has 0 aliphatic heterocycles. The highest BCUT2D eigenvalue weighted by Gasteiger charge is 2.13. The number of nitrogens with two attached hydrogens (primary N) is 1. The zero-order valence-electron chi connectivity index (χ0n) is 10.9. The predicted octanol–water partition coefficient (Wildman–Crippen LogP) is 5.55. The second-order valence-electron chi connectivity index (χ2n) is 4.59. The number of benzene rings is 2. The molecule has 2 aromatic carbocycles. The summed E-state index contributed by atoms with van der Waals surface area (Å²) >= 11 is 13.2. The Morgan fingerprint density at radius 1 is 1.25 bits per heavy atom. The van der Waals surface area contributed by atoms with Crippen molar-refractivity contribution in [2.24, 2.45) is 5.73 Å². The van der Waals surface area contributed by atoms with Gasteiger partial charge in [0.25, 0.3) is 0 Å². The molecule has 0 saturated carbocycles. The first-order valence-corrected chi connectivity index (χ1v) is 8.09. The molecule has 0 fully saturated rings. The first-order chi connectivity index (χ1) is 9.47. The van der Waals surface area contributed by atoms with E-state index in [1.165, 1.54) is 0 Å². The third-order valence-corrected chi connectivity index (χ3v) is 4.11. The SMILES string of the molecule is CC(N)Cc1cccc(Cl)c1Oc1ccc(Br)cc1Br. The van der Waals surface area contributed by atoms with Crippen LogP contribution >= 0.6 is 43.5 Å². The summed E-state index contributed by atoms with van der Waals surface area (Å²) in [6.07, 6.45) is 0.712. The van der Waals surface area contributed by atoms with Crippen LogP contribution in [0, 0.1) is 0 Å². The normalized spacial score (nSPS) is 12.2. The maximum absolute atomic E-state index is 6.26. The lowest BCUT2D eigenvalue weighted by Crippen LogP contribution is -2.18. The van der Waals surface area contributed by atoms with Gasteiger partial charge in [0, 0.05) is 10.5 Å². The molecule has 0 amide bonds. The minimum absolute atomic E-state index is 0.0455. The molecule has 0 radical (unpaired) electrons. The molecule has 0 aliphatic rings. The Labute approximate surface area is 140 Å². The molecule has 1 unspecified atom stereocenters. The van der Waals surface area contributed by atoms with Gasteiger partial charge in [-0.25, -0.2) is 0 Å². The van der Waals surface area contributed by atoms with E-state index in [0.717, 1.165) is 14.5 Å². The van der Waals surface area contributed by atoms with Gasteiger partial charge in [-0.1, -0.05) is 39.7 Å². The van der Waals surface area contributed by atoms with E-state index < -0.39 is 0 Å². The van der Waals surface area contributed by atoms with E-state index >= 15 is 0 Å². The molecular formula is C15H14Br2ClNO. The van der Waals surface area contributed by atoms with Crippen molar-refractivity contribution >= 4 is 43.5 Å². The van der Waals surface area contributed by atoms with Crippen LogP contribution in [0.2, 0.25) is 5.02 Å². The monoisotopic (exact) mass is 417 g/mol. The average molecular weight is 420 g/mol. The molecular weight excluding hydrogens is 405 g/mol. The smallest absolute Gasteiger partial charge is 0.149 e. The Hall–Kier alpha value is -0.550. The number of halogens is 3. The summed E-state index contributed by atoms with van der Waals surface area (Å²) in [6.45, 7) is 1.96. The van der Waals surface area contributed by atoms with Crippen LogP contribution in [0.25, 0.3) is 0 Å². The quantitative estimate of drug-likeness (QED) is 0.705. The highest BCUT2D eigenvalue weighted by molar-refractivity contribution is 9.11. The zero-order valence-corrected chi connectivity index (χ0v) is 14.8. The summed E-state index contributed by atoms with van der Waals surface area (Å²) in [7, 11) is 0. The summed E-state index contributed by atoms with van der Waals surface area (Å²) in [5.41, 5.74) is 6.87. The van der Waals surface area contributed by atoms with E-state index in [-0.39, 0.29) is 6.04 Å². The molecule has 2 rings (SSSR count). The molecule has 2 N–H and O–H groups in total. The summed E-state index contributed by atoms with van der Waals surface area (Å²) in [6, 6.07) is 11.5. The van der Waals surface area contributed by atoms with Crippen LogP contribution in [0.5, 0.6) is 11.5 Å². The van der Waals surface area contributed by atoms with Crippen LogP contribution in [0.3, 0.4) is 0 Å². The molecule has 0 heterocycles. The van der Waals surface area contributed by atoms with Crippen molar-refractivity contribution < 1.29 is 4.74 Å². The predicted molar refractivity (Wildman–Crippen MR) is 90.7 cm³/mol. The molecule has 20 heavy (non-hydrogen) atoms. The fraction of sp³-hybridized carbons (Fsp3) is 0.200. The summed E-state index contributed by atoms with van der Waals surface area (Å²) in [5.74, 6) is 1.38. The van der Waals surface area contributed by atoms with Gasteiger partial charge in [-0.3, -0.25) is 0 Å². The maximum Gasteiger partial charge on any atom is 0.149 e. The van der Waals surface area contributed by atoms with E-state index in [2.05, 4.69) is 31.9 Å². The molecule has 0 aliphatic carbocycles. The molecule has 106 valence electrons. The van der Waals surface area contributed by atoms with E-state index in [0.29, 0.717) is 22.9 Å². The van der Waals surface area contributed by atoms with E-state index in [9.17, 15) is 0 Å². The lowest BCUT2D eigenvalue weighted by atomic mass is 10.1. The summed E-state index contributed by atoms with van der Waals surface area (Å²) in [5, 5.41) is 0.581. The van der Waals surface area contributed by atoms with Crippen molar-refractivity contribution in [2.75, 3.05) is 0 Å². The summed E-state index contributed by atoms with van der Waals surface area (Å²) in [4.78, 5) is 0. The first-order valence-electron chi connectivity index (χ1n) is 6.13. The van der Waals surface area contributed by atoms with Gasteiger partial charge in [0.1, 0.15) is 11.5 Å². The molecule has 0 spiro atoms. The number of hydrogen-bond acceptors (Lipinski definition) is 2. The number of rotatable bonds is 4. The third-order valence-electron chi connectivity index (χ3n) is 2.70. The van der Waals surface area contributed by atoms with Gasteiger partial charge in [0.05, 0.1) is 9.50 Å². The Morgan fingerprint density at radius 2 is 2.00 bits per heavy atom. The standard InChI is InChI=1S/C15H14Br2ClNO/c1-9(19)7-10-3-2-4-13(18)15(10)20-14-6-5-11(16)8-12(14)17/h2-6,8-9H,7,19H2,1H3. The van der Waals surface area contributed by atoms with Gasteiger partial charge in [0.2, 0.25) is 0 Å². The van der Waals surface area contributed by atoms with Gasteiger partial charge >= 0.3 is 0 Å². The molecule has 2 nitrogen and oxygen atoms in total. The molecule has 2 aromatic rings. The van der Waals surface area contributed by atoms with E-state index in [4.69, 9.17) is 22.1 Å². The van der Waals surface area contributed by atoms with Crippen molar-refractivity contribution in [1.82, 2.24) is 0 Å². The Morgan fingerprint density at radius 3 is 2.65 bits per heavy atom. The largest absolute Gasteiger partial charge is 0.454 e. The van der Waals surface area contributed by atoms with Crippen LogP contribution < -0.4 is 10.5 Å². The van der Waals surface area contributed by atoms with Crippen molar-refractivity contribution in [3.05, 3.63) is 55.9 Å². The lowest BCUT2D eigenvalue weighted by Gasteiger charge is -2.15. The highest BCUT2D eigenvalue weighted by atomic mass is 79.9. The molecule has 0 saturated heterocycles. The zero-order chi connectivity index (χ0) is 14.7. The van der Waals surface area contributed by atoms with E-state index in [1.807, 2.05) is 43.3 Å².